The van der Waals surface area contributed by atoms with Crippen molar-refractivity contribution in [3.8, 4) is 11.5 Å². The quantitative estimate of drug-likeness (QED) is 0.431. The van der Waals surface area contributed by atoms with Crippen LogP contribution < -0.4 is 14.2 Å². The van der Waals surface area contributed by atoms with Crippen LogP contribution in [0.15, 0.2) is 42.5 Å². The summed E-state index contributed by atoms with van der Waals surface area (Å²) >= 11 is 0. The lowest BCUT2D eigenvalue weighted by Gasteiger charge is -2.27. The van der Waals surface area contributed by atoms with E-state index in [0.29, 0.717) is 43.0 Å². The SMILES string of the molecule is COc1cc(C(=O)N(CCCc2ccccc2)CCCC(C)(C)C(=O)NS(C)(=O)=O)cc(OC)c1C. The molecule has 0 bridgehead atoms. The van der Waals surface area contributed by atoms with Crippen LogP contribution in [0.5, 0.6) is 11.5 Å². The fourth-order valence-electron chi connectivity index (χ4n) is 3.96. The van der Waals surface area contributed by atoms with Gasteiger partial charge in [-0.2, -0.15) is 0 Å². The first-order valence-electron chi connectivity index (χ1n) is 12.0. The van der Waals surface area contributed by atoms with Crippen LogP contribution in [-0.4, -0.2) is 58.7 Å². The van der Waals surface area contributed by atoms with Gasteiger partial charge in [-0.1, -0.05) is 44.2 Å². The van der Waals surface area contributed by atoms with Gasteiger partial charge >= 0.3 is 0 Å². The van der Waals surface area contributed by atoms with E-state index in [9.17, 15) is 18.0 Å². The minimum absolute atomic E-state index is 0.155. The number of ether oxygens (including phenoxy) is 2. The van der Waals surface area contributed by atoms with Crippen LogP contribution in [0.1, 0.15) is 54.6 Å². The highest BCUT2D eigenvalue weighted by molar-refractivity contribution is 7.89. The number of sulfonamides is 1. The molecule has 36 heavy (non-hydrogen) atoms. The smallest absolute Gasteiger partial charge is 0.254 e. The van der Waals surface area contributed by atoms with Crippen molar-refractivity contribution in [2.75, 3.05) is 33.6 Å². The average molecular weight is 519 g/mol. The molecule has 0 unspecified atom stereocenters. The number of hydrogen-bond donors (Lipinski definition) is 1. The van der Waals surface area contributed by atoms with Gasteiger partial charge in [0.15, 0.2) is 0 Å². The van der Waals surface area contributed by atoms with Crippen molar-refractivity contribution in [3.05, 3.63) is 59.2 Å². The Balaban J connectivity index is 2.18. The normalized spacial score (nSPS) is 11.6. The van der Waals surface area contributed by atoms with Gasteiger partial charge in [0.05, 0.1) is 20.5 Å². The number of nitrogens with zero attached hydrogens (tertiary/aromatic N) is 1. The molecule has 2 aromatic rings. The number of rotatable bonds is 13. The average Bonchev–Trinajstić information content (AvgIpc) is 2.82. The van der Waals surface area contributed by atoms with Gasteiger partial charge in [-0.25, -0.2) is 8.42 Å². The molecule has 0 atom stereocenters. The summed E-state index contributed by atoms with van der Waals surface area (Å²) in [5.74, 6) is 0.430. The highest BCUT2D eigenvalue weighted by Crippen LogP contribution is 2.30. The zero-order valence-electron chi connectivity index (χ0n) is 22.1. The van der Waals surface area contributed by atoms with Crippen molar-refractivity contribution < 1.29 is 27.5 Å². The Kier molecular flexibility index (Phi) is 10.3. The van der Waals surface area contributed by atoms with Crippen molar-refractivity contribution >= 4 is 21.8 Å². The number of hydrogen-bond acceptors (Lipinski definition) is 6. The topological polar surface area (TPSA) is 102 Å². The third-order valence-electron chi connectivity index (χ3n) is 6.15. The van der Waals surface area contributed by atoms with Crippen LogP contribution in [0.3, 0.4) is 0 Å². The van der Waals surface area contributed by atoms with Crippen molar-refractivity contribution in [2.45, 2.75) is 46.5 Å². The Labute approximate surface area is 215 Å². The van der Waals surface area contributed by atoms with Gasteiger partial charge in [-0.15, -0.1) is 0 Å². The van der Waals surface area contributed by atoms with E-state index < -0.39 is 21.3 Å². The summed E-state index contributed by atoms with van der Waals surface area (Å²) in [4.78, 5) is 27.8. The van der Waals surface area contributed by atoms with E-state index in [4.69, 9.17) is 9.47 Å². The predicted octanol–water partition coefficient (Wildman–Crippen LogP) is 3.97. The second kappa shape index (κ2) is 12.8. The molecule has 0 aromatic heterocycles. The zero-order valence-corrected chi connectivity index (χ0v) is 22.9. The fraction of sp³-hybridized carbons (Fsp3) is 0.481. The number of carbonyl (C=O) groups excluding carboxylic acids is 2. The van der Waals surface area contributed by atoms with Crippen LogP contribution >= 0.6 is 0 Å². The number of methoxy groups -OCH3 is 2. The van der Waals surface area contributed by atoms with E-state index in [2.05, 4.69) is 16.9 Å². The summed E-state index contributed by atoms with van der Waals surface area (Å²) < 4.78 is 35.9. The van der Waals surface area contributed by atoms with E-state index >= 15 is 0 Å². The van der Waals surface area contributed by atoms with Crippen LogP contribution in [0, 0.1) is 12.3 Å². The number of benzene rings is 2. The minimum atomic E-state index is -3.64. The summed E-state index contributed by atoms with van der Waals surface area (Å²) in [6.07, 6.45) is 3.50. The van der Waals surface area contributed by atoms with Gasteiger partial charge in [0.2, 0.25) is 15.9 Å². The Morgan fingerprint density at radius 3 is 2.06 bits per heavy atom. The lowest BCUT2D eigenvalue weighted by Crippen LogP contribution is -2.40. The molecule has 0 spiro atoms. The highest BCUT2D eigenvalue weighted by Gasteiger charge is 2.30. The molecular weight excluding hydrogens is 480 g/mol. The first-order valence-corrected chi connectivity index (χ1v) is 13.8. The molecule has 0 saturated heterocycles. The molecule has 0 radical (unpaired) electrons. The van der Waals surface area contributed by atoms with Gasteiger partial charge < -0.3 is 14.4 Å². The second-order valence-corrected chi connectivity index (χ2v) is 11.3. The predicted molar refractivity (Wildman–Crippen MR) is 141 cm³/mol. The standard InChI is InChI=1S/C27H38N2O6S/c1-20-23(34-4)18-22(19-24(20)35-5)25(30)29(16-10-14-21-12-8-7-9-13-21)17-11-15-27(2,3)26(31)28-36(6,32)33/h7-9,12-13,18-19H,10-11,14-17H2,1-6H3,(H,28,31). The molecule has 9 heteroatoms. The van der Waals surface area contributed by atoms with Crippen molar-refractivity contribution in [1.29, 1.82) is 0 Å². The molecule has 198 valence electrons. The number of amides is 2. The molecular formula is C27H38N2O6S. The molecule has 8 nitrogen and oxygen atoms in total. The molecule has 2 aromatic carbocycles. The van der Waals surface area contributed by atoms with E-state index in [1.165, 1.54) is 5.56 Å². The van der Waals surface area contributed by atoms with Crippen molar-refractivity contribution in [2.24, 2.45) is 5.41 Å². The molecule has 2 amide bonds. The van der Waals surface area contributed by atoms with E-state index in [1.807, 2.05) is 25.1 Å². The first kappa shape index (κ1) is 29.2. The van der Waals surface area contributed by atoms with Crippen LogP contribution in [-0.2, 0) is 21.2 Å². The molecule has 0 saturated carbocycles. The largest absolute Gasteiger partial charge is 0.496 e. The maximum absolute atomic E-state index is 13.6. The zero-order chi connectivity index (χ0) is 26.9. The maximum Gasteiger partial charge on any atom is 0.254 e. The van der Waals surface area contributed by atoms with Gasteiger partial charge in [0, 0.05) is 29.6 Å². The van der Waals surface area contributed by atoms with E-state index in [-0.39, 0.29) is 5.91 Å². The molecule has 2 rings (SSSR count). The molecule has 0 aliphatic rings. The summed E-state index contributed by atoms with van der Waals surface area (Å²) in [5.41, 5.74) is 1.56. The summed E-state index contributed by atoms with van der Waals surface area (Å²) in [5, 5.41) is 0. The van der Waals surface area contributed by atoms with E-state index in [1.54, 1.807) is 45.1 Å². The fourth-order valence-corrected chi connectivity index (χ4v) is 4.57. The van der Waals surface area contributed by atoms with Crippen LogP contribution in [0.25, 0.3) is 0 Å². The minimum Gasteiger partial charge on any atom is -0.496 e. The molecule has 0 aliphatic carbocycles. The van der Waals surface area contributed by atoms with Gasteiger partial charge in [-0.3, -0.25) is 14.3 Å². The maximum atomic E-state index is 13.6. The third-order valence-corrected chi connectivity index (χ3v) is 6.70. The monoisotopic (exact) mass is 518 g/mol. The first-order chi connectivity index (χ1) is 16.9. The summed E-state index contributed by atoms with van der Waals surface area (Å²) in [6.45, 7) is 6.21. The summed E-state index contributed by atoms with van der Waals surface area (Å²) in [7, 11) is -0.535. The van der Waals surface area contributed by atoms with Gasteiger partial charge in [0.1, 0.15) is 11.5 Å². The Morgan fingerprint density at radius 2 is 1.53 bits per heavy atom. The van der Waals surface area contributed by atoms with Gasteiger partial charge in [0.25, 0.3) is 5.91 Å². The Hall–Kier alpha value is -3.07. The van der Waals surface area contributed by atoms with Crippen LogP contribution in [0.4, 0.5) is 0 Å². The Bertz CT molecular complexity index is 1120. The summed E-state index contributed by atoms with van der Waals surface area (Å²) in [6, 6.07) is 13.5. The third kappa shape index (κ3) is 8.55. The van der Waals surface area contributed by atoms with E-state index in [0.717, 1.165) is 24.7 Å². The molecule has 1 N–H and O–H groups in total. The van der Waals surface area contributed by atoms with Crippen molar-refractivity contribution in [1.82, 2.24) is 9.62 Å². The molecule has 0 fully saturated rings. The van der Waals surface area contributed by atoms with Gasteiger partial charge in [-0.05, 0) is 50.3 Å². The lowest BCUT2D eigenvalue weighted by molar-refractivity contribution is -0.127. The molecule has 0 heterocycles. The Morgan fingerprint density at radius 1 is 0.972 bits per heavy atom. The van der Waals surface area contributed by atoms with Crippen molar-refractivity contribution in [3.63, 3.8) is 0 Å². The van der Waals surface area contributed by atoms with Crippen LogP contribution in [0.2, 0.25) is 0 Å². The second-order valence-electron chi connectivity index (χ2n) is 9.58. The highest BCUT2D eigenvalue weighted by atomic mass is 32.2. The lowest BCUT2D eigenvalue weighted by atomic mass is 9.87. The number of carbonyl (C=O) groups is 2. The number of aryl methyl sites for hydroxylation is 1. The number of nitrogens with one attached hydrogen (secondary N) is 1. The molecule has 0 aliphatic heterocycles.